The van der Waals surface area contributed by atoms with Gasteiger partial charge in [-0.2, -0.15) is 5.10 Å². The van der Waals surface area contributed by atoms with E-state index >= 15 is 0 Å². The summed E-state index contributed by atoms with van der Waals surface area (Å²) in [6, 6.07) is 4.69. The minimum absolute atomic E-state index is 0.219. The molecule has 0 saturated heterocycles. The van der Waals surface area contributed by atoms with Gasteiger partial charge in [0.05, 0.1) is 11.9 Å². The number of aryl methyl sites for hydroxylation is 1. The Balaban J connectivity index is 2.35. The van der Waals surface area contributed by atoms with E-state index in [1.807, 2.05) is 20.2 Å². The molecule has 0 atom stereocenters. The van der Waals surface area contributed by atoms with Crippen LogP contribution < -0.4 is 5.32 Å². The lowest BCUT2D eigenvalue weighted by atomic mass is 10.2. The van der Waals surface area contributed by atoms with Crippen LogP contribution in [0.3, 0.4) is 0 Å². The molecule has 0 radical (unpaired) electrons. The van der Waals surface area contributed by atoms with Crippen LogP contribution in [0.4, 0.5) is 4.39 Å². The van der Waals surface area contributed by atoms with Crippen LogP contribution in [0.15, 0.2) is 30.6 Å². The Bertz CT molecular complexity index is 491. The molecule has 1 heterocycles. The first kappa shape index (κ1) is 10.8. The van der Waals surface area contributed by atoms with Gasteiger partial charge in [0.15, 0.2) is 0 Å². The van der Waals surface area contributed by atoms with Crippen molar-refractivity contribution in [1.29, 1.82) is 0 Å². The van der Waals surface area contributed by atoms with E-state index in [2.05, 4.69) is 10.4 Å². The molecule has 1 N–H and O–H groups in total. The van der Waals surface area contributed by atoms with Crippen molar-refractivity contribution in [3.05, 3.63) is 47.5 Å². The molecule has 1 aromatic carbocycles. The second-order valence-corrected chi connectivity index (χ2v) is 3.75. The molecule has 4 heteroatoms. The molecule has 0 saturated carbocycles. The molecular formula is C12H14FN3. The number of hydrogen-bond acceptors (Lipinski definition) is 2. The fourth-order valence-corrected chi connectivity index (χ4v) is 1.66. The van der Waals surface area contributed by atoms with Gasteiger partial charge in [-0.3, -0.25) is 0 Å². The third-order valence-electron chi connectivity index (χ3n) is 2.42. The topological polar surface area (TPSA) is 29.9 Å². The zero-order chi connectivity index (χ0) is 11.5. The summed E-state index contributed by atoms with van der Waals surface area (Å²) in [5.41, 5.74) is 2.88. The average Bonchev–Trinajstić information content (AvgIpc) is 2.67. The van der Waals surface area contributed by atoms with Gasteiger partial charge in [-0.15, -0.1) is 0 Å². The summed E-state index contributed by atoms with van der Waals surface area (Å²) in [7, 11) is 1.89. The van der Waals surface area contributed by atoms with Gasteiger partial charge in [0.1, 0.15) is 5.82 Å². The van der Waals surface area contributed by atoms with Crippen LogP contribution in [0.1, 0.15) is 11.1 Å². The van der Waals surface area contributed by atoms with E-state index in [1.165, 1.54) is 12.1 Å². The quantitative estimate of drug-likeness (QED) is 0.856. The molecule has 0 spiro atoms. The number of nitrogens with zero attached hydrogens (tertiary/aromatic N) is 2. The molecule has 0 amide bonds. The highest BCUT2D eigenvalue weighted by Crippen LogP contribution is 2.15. The lowest BCUT2D eigenvalue weighted by molar-refractivity contribution is 0.625. The predicted octanol–water partition coefficient (Wildman–Crippen LogP) is 2.04. The van der Waals surface area contributed by atoms with Crippen molar-refractivity contribution in [3.8, 4) is 5.69 Å². The highest BCUT2D eigenvalue weighted by atomic mass is 19.1. The molecule has 0 aliphatic carbocycles. The van der Waals surface area contributed by atoms with Crippen molar-refractivity contribution in [1.82, 2.24) is 15.1 Å². The molecule has 16 heavy (non-hydrogen) atoms. The largest absolute Gasteiger partial charge is 0.316 e. The fourth-order valence-electron chi connectivity index (χ4n) is 1.66. The molecule has 2 rings (SSSR count). The molecule has 84 valence electrons. The van der Waals surface area contributed by atoms with E-state index < -0.39 is 0 Å². The first-order valence-electron chi connectivity index (χ1n) is 5.15. The second-order valence-electron chi connectivity index (χ2n) is 3.75. The molecule has 0 aliphatic rings. The average molecular weight is 219 g/mol. The van der Waals surface area contributed by atoms with Crippen LogP contribution in [-0.4, -0.2) is 16.8 Å². The van der Waals surface area contributed by atoms with Gasteiger partial charge in [-0.05, 0) is 37.7 Å². The van der Waals surface area contributed by atoms with Crippen molar-refractivity contribution in [2.45, 2.75) is 13.5 Å². The number of nitrogens with one attached hydrogen (secondary N) is 1. The standard InChI is InChI=1S/C12H14FN3/c1-9-5-11(13)3-4-12(9)16-8-10(6-14-2)7-15-16/h3-5,7-8,14H,6H2,1-2H3. The third kappa shape index (κ3) is 2.12. The van der Waals surface area contributed by atoms with E-state index in [0.29, 0.717) is 0 Å². The first-order valence-corrected chi connectivity index (χ1v) is 5.15. The van der Waals surface area contributed by atoms with Crippen LogP contribution in [0.25, 0.3) is 5.69 Å². The van der Waals surface area contributed by atoms with E-state index in [9.17, 15) is 4.39 Å². The molecule has 2 aromatic rings. The first-order chi connectivity index (χ1) is 7.70. The minimum Gasteiger partial charge on any atom is -0.316 e. The Morgan fingerprint density at radius 3 is 2.94 bits per heavy atom. The summed E-state index contributed by atoms with van der Waals surface area (Å²) >= 11 is 0. The maximum absolute atomic E-state index is 12.9. The Hall–Kier alpha value is -1.68. The van der Waals surface area contributed by atoms with Crippen molar-refractivity contribution in [2.75, 3.05) is 7.05 Å². The number of rotatable bonds is 3. The Kier molecular flexibility index (Phi) is 3.01. The summed E-state index contributed by atoms with van der Waals surface area (Å²) in [4.78, 5) is 0. The van der Waals surface area contributed by atoms with Crippen LogP contribution in [0.5, 0.6) is 0 Å². The zero-order valence-electron chi connectivity index (χ0n) is 9.37. The molecule has 3 nitrogen and oxygen atoms in total. The normalized spacial score (nSPS) is 10.7. The lowest BCUT2D eigenvalue weighted by Gasteiger charge is -2.05. The van der Waals surface area contributed by atoms with Gasteiger partial charge in [0, 0.05) is 18.3 Å². The molecule has 0 aliphatic heterocycles. The van der Waals surface area contributed by atoms with Crippen LogP contribution in [0.2, 0.25) is 0 Å². The summed E-state index contributed by atoms with van der Waals surface area (Å²) in [6.45, 7) is 2.65. The van der Waals surface area contributed by atoms with Crippen molar-refractivity contribution in [3.63, 3.8) is 0 Å². The Morgan fingerprint density at radius 2 is 2.25 bits per heavy atom. The maximum Gasteiger partial charge on any atom is 0.123 e. The summed E-state index contributed by atoms with van der Waals surface area (Å²) in [6.07, 6.45) is 3.75. The van der Waals surface area contributed by atoms with Gasteiger partial charge in [0.2, 0.25) is 0 Å². The molecular weight excluding hydrogens is 205 g/mol. The van der Waals surface area contributed by atoms with E-state index in [-0.39, 0.29) is 5.82 Å². The van der Waals surface area contributed by atoms with Gasteiger partial charge in [-0.25, -0.2) is 9.07 Å². The van der Waals surface area contributed by atoms with Crippen LogP contribution >= 0.6 is 0 Å². The lowest BCUT2D eigenvalue weighted by Crippen LogP contribution is -2.04. The van der Waals surface area contributed by atoms with Gasteiger partial charge in [0.25, 0.3) is 0 Å². The van der Waals surface area contributed by atoms with E-state index in [0.717, 1.165) is 23.4 Å². The van der Waals surface area contributed by atoms with Crippen LogP contribution in [0, 0.1) is 12.7 Å². The van der Waals surface area contributed by atoms with Gasteiger partial charge >= 0.3 is 0 Å². The fraction of sp³-hybridized carbons (Fsp3) is 0.250. The third-order valence-corrected chi connectivity index (χ3v) is 2.42. The summed E-state index contributed by atoms with van der Waals surface area (Å²) < 4.78 is 14.7. The van der Waals surface area contributed by atoms with E-state index in [4.69, 9.17) is 0 Å². The monoisotopic (exact) mass is 219 g/mol. The number of halogens is 1. The highest BCUT2D eigenvalue weighted by Gasteiger charge is 2.04. The van der Waals surface area contributed by atoms with Gasteiger partial charge < -0.3 is 5.32 Å². The molecule has 0 bridgehead atoms. The van der Waals surface area contributed by atoms with E-state index in [1.54, 1.807) is 16.9 Å². The van der Waals surface area contributed by atoms with Gasteiger partial charge in [-0.1, -0.05) is 0 Å². The molecule has 1 aromatic heterocycles. The SMILES string of the molecule is CNCc1cnn(-c2ccc(F)cc2C)c1. The van der Waals surface area contributed by atoms with Crippen molar-refractivity contribution >= 4 is 0 Å². The number of benzene rings is 1. The smallest absolute Gasteiger partial charge is 0.123 e. The molecule has 0 unspecified atom stereocenters. The number of hydrogen-bond donors (Lipinski definition) is 1. The maximum atomic E-state index is 12.9. The summed E-state index contributed by atoms with van der Waals surface area (Å²) in [5.74, 6) is -0.219. The van der Waals surface area contributed by atoms with Crippen LogP contribution in [-0.2, 0) is 6.54 Å². The van der Waals surface area contributed by atoms with Crippen molar-refractivity contribution in [2.24, 2.45) is 0 Å². The zero-order valence-corrected chi connectivity index (χ0v) is 9.37. The minimum atomic E-state index is -0.219. The number of aromatic nitrogens is 2. The second kappa shape index (κ2) is 4.45. The summed E-state index contributed by atoms with van der Waals surface area (Å²) in [5, 5.41) is 7.31. The Morgan fingerprint density at radius 1 is 1.44 bits per heavy atom. The predicted molar refractivity (Wildman–Crippen MR) is 61.0 cm³/mol. The Labute approximate surface area is 93.9 Å². The van der Waals surface area contributed by atoms with Crippen molar-refractivity contribution < 1.29 is 4.39 Å². The highest BCUT2D eigenvalue weighted by molar-refractivity contribution is 5.40. The molecule has 0 fully saturated rings.